The highest BCUT2D eigenvalue weighted by molar-refractivity contribution is 8.00. The van der Waals surface area contributed by atoms with Gasteiger partial charge in [0, 0.05) is 15.6 Å². The SMILES string of the molecule is CC(=O)[C@H]1CC[C@H]2CC[C@]21Sc1ccccc1. The molecule has 2 aliphatic carbocycles. The molecule has 0 unspecified atom stereocenters. The molecule has 2 saturated carbocycles. The number of thioether (sulfide) groups is 1. The van der Waals surface area contributed by atoms with Crippen LogP contribution >= 0.6 is 11.8 Å². The van der Waals surface area contributed by atoms with E-state index in [2.05, 4.69) is 30.3 Å². The van der Waals surface area contributed by atoms with Gasteiger partial charge >= 0.3 is 0 Å². The molecule has 17 heavy (non-hydrogen) atoms. The minimum Gasteiger partial charge on any atom is -0.300 e. The zero-order valence-corrected chi connectivity index (χ0v) is 11.0. The Balaban J connectivity index is 1.86. The summed E-state index contributed by atoms with van der Waals surface area (Å²) in [6.45, 7) is 1.78. The number of hydrogen-bond donors (Lipinski definition) is 0. The van der Waals surface area contributed by atoms with Gasteiger partial charge in [-0.15, -0.1) is 11.8 Å². The highest BCUT2D eigenvalue weighted by Crippen LogP contribution is 2.63. The molecule has 0 aliphatic heterocycles. The molecule has 1 aromatic carbocycles. The lowest BCUT2D eigenvalue weighted by atomic mass is 9.70. The molecule has 0 radical (unpaired) electrons. The van der Waals surface area contributed by atoms with Gasteiger partial charge in [0.15, 0.2) is 0 Å². The second-order valence-electron chi connectivity index (χ2n) is 5.35. The fraction of sp³-hybridized carbons (Fsp3) is 0.533. The van der Waals surface area contributed by atoms with Crippen LogP contribution in [-0.2, 0) is 4.79 Å². The molecule has 90 valence electrons. The van der Waals surface area contributed by atoms with Gasteiger partial charge in [0.1, 0.15) is 5.78 Å². The highest BCUT2D eigenvalue weighted by atomic mass is 32.2. The van der Waals surface area contributed by atoms with E-state index in [1.807, 2.05) is 11.8 Å². The highest BCUT2D eigenvalue weighted by Gasteiger charge is 2.57. The van der Waals surface area contributed by atoms with Gasteiger partial charge in [-0.25, -0.2) is 0 Å². The molecule has 1 aromatic rings. The molecule has 3 rings (SSSR count). The van der Waals surface area contributed by atoms with E-state index in [-0.39, 0.29) is 4.75 Å². The molecule has 0 bridgehead atoms. The number of benzene rings is 1. The number of ketones is 1. The topological polar surface area (TPSA) is 17.1 Å². The first-order valence-corrected chi connectivity index (χ1v) is 7.28. The van der Waals surface area contributed by atoms with Crippen LogP contribution in [-0.4, -0.2) is 10.5 Å². The first-order chi connectivity index (χ1) is 8.22. The monoisotopic (exact) mass is 246 g/mol. The average molecular weight is 246 g/mol. The molecule has 3 atom stereocenters. The first-order valence-electron chi connectivity index (χ1n) is 6.47. The van der Waals surface area contributed by atoms with Gasteiger partial charge in [0.2, 0.25) is 0 Å². The van der Waals surface area contributed by atoms with Crippen LogP contribution in [0.25, 0.3) is 0 Å². The van der Waals surface area contributed by atoms with Crippen molar-refractivity contribution in [3.8, 4) is 0 Å². The third kappa shape index (κ3) is 1.74. The smallest absolute Gasteiger partial charge is 0.134 e. The third-order valence-corrected chi connectivity index (χ3v) is 6.22. The summed E-state index contributed by atoms with van der Waals surface area (Å²) in [5.74, 6) is 1.48. The van der Waals surface area contributed by atoms with Crippen molar-refractivity contribution in [3.63, 3.8) is 0 Å². The molecule has 2 aliphatic rings. The molecule has 0 saturated heterocycles. The van der Waals surface area contributed by atoms with Crippen molar-refractivity contribution in [1.29, 1.82) is 0 Å². The van der Waals surface area contributed by atoms with E-state index in [9.17, 15) is 4.79 Å². The fourth-order valence-corrected chi connectivity index (χ4v) is 5.33. The standard InChI is InChI=1S/C15H18OS/c1-11(16)14-8-7-12-9-10-15(12,14)17-13-5-3-2-4-6-13/h2-6,12,14H,7-10H2,1H3/t12-,14+,15-/m0/s1. The van der Waals surface area contributed by atoms with Gasteiger partial charge in [-0.3, -0.25) is 4.79 Å². The van der Waals surface area contributed by atoms with E-state index in [1.165, 1.54) is 24.2 Å². The van der Waals surface area contributed by atoms with E-state index in [4.69, 9.17) is 0 Å². The molecule has 0 amide bonds. The van der Waals surface area contributed by atoms with E-state index < -0.39 is 0 Å². The van der Waals surface area contributed by atoms with Gasteiger partial charge in [0.25, 0.3) is 0 Å². The quantitative estimate of drug-likeness (QED) is 0.804. The molecule has 0 heterocycles. The van der Waals surface area contributed by atoms with E-state index in [1.54, 1.807) is 6.92 Å². The van der Waals surface area contributed by atoms with E-state index in [0.717, 1.165) is 12.3 Å². The minimum atomic E-state index is 0.243. The molecule has 0 N–H and O–H groups in total. The van der Waals surface area contributed by atoms with Crippen LogP contribution in [0, 0.1) is 11.8 Å². The van der Waals surface area contributed by atoms with Crippen molar-refractivity contribution >= 4 is 17.5 Å². The van der Waals surface area contributed by atoms with Crippen molar-refractivity contribution in [2.75, 3.05) is 0 Å². The summed E-state index contributed by atoms with van der Waals surface area (Å²) in [5.41, 5.74) is 0. The van der Waals surface area contributed by atoms with Gasteiger partial charge in [-0.1, -0.05) is 18.2 Å². The van der Waals surface area contributed by atoms with Crippen LogP contribution in [0.4, 0.5) is 0 Å². The van der Waals surface area contributed by atoms with Crippen LogP contribution in [0.2, 0.25) is 0 Å². The Morgan fingerprint density at radius 3 is 2.59 bits per heavy atom. The molecule has 2 fully saturated rings. The van der Waals surface area contributed by atoms with Crippen molar-refractivity contribution < 1.29 is 4.79 Å². The fourth-order valence-electron chi connectivity index (χ4n) is 3.55. The van der Waals surface area contributed by atoms with Crippen molar-refractivity contribution in [2.45, 2.75) is 42.2 Å². The molecular formula is C15H18OS. The molecule has 0 spiro atoms. The Labute approximate surface area is 107 Å². The van der Waals surface area contributed by atoms with Crippen LogP contribution in [0.1, 0.15) is 32.6 Å². The molecule has 2 heteroatoms. The van der Waals surface area contributed by atoms with Crippen molar-refractivity contribution in [1.82, 2.24) is 0 Å². The van der Waals surface area contributed by atoms with Crippen molar-refractivity contribution in [2.24, 2.45) is 11.8 Å². The lowest BCUT2D eigenvalue weighted by molar-refractivity contribution is -0.122. The van der Waals surface area contributed by atoms with E-state index in [0.29, 0.717) is 11.7 Å². The predicted molar refractivity (Wildman–Crippen MR) is 71.2 cm³/mol. The maximum Gasteiger partial charge on any atom is 0.134 e. The normalized spacial score (nSPS) is 35.1. The Bertz CT molecular complexity index is 428. The zero-order chi connectivity index (χ0) is 11.9. The van der Waals surface area contributed by atoms with Crippen molar-refractivity contribution in [3.05, 3.63) is 30.3 Å². The number of Topliss-reactive ketones (excluding diaryl/α,β-unsaturated/α-hetero) is 1. The largest absolute Gasteiger partial charge is 0.300 e. The lowest BCUT2D eigenvalue weighted by Gasteiger charge is -2.47. The van der Waals surface area contributed by atoms with Gasteiger partial charge in [-0.2, -0.15) is 0 Å². The lowest BCUT2D eigenvalue weighted by Crippen LogP contribution is -2.46. The van der Waals surface area contributed by atoms with Crippen LogP contribution < -0.4 is 0 Å². The summed E-state index contributed by atoms with van der Waals surface area (Å²) in [6, 6.07) is 10.6. The van der Waals surface area contributed by atoms with Crippen LogP contribution in [0.15, 0.2) is 35.2 Å². The van der Waals surface area contributed by atoms with Gasteiger partial charge in [0.05, 0.1) is 0 Å². The molecule has 1 nitrogen and oxygen atoms in total. The maximum absolute atomic E-state index is 11.8. The van der Waals surface area contributed by atoms with Crippen LogP contribution in [0.3, 0.4) is 0 Å². The Hall–Kier alpha value is -0.760. The Kier molecular flexibility index (Phi) is 2.78. The second-order valence-corrected chi connectivity index (χ2v) is 6.78. The molecular weight excluding hydrogens is 228 g/mol. The van der Waals surface area contributed by atoms with Gasteiger partial charge in [-0.05, 0) is 50.7 Å². The number of rotatable bonds is 3. The summed E-state index contributed by atoms with van der Waals surface area (Å²) in [4.78, 5) is 13.1. The number of hydrogen-bond acceptors (Lipinski definition) is 2. The summed E-state index contributed by atoms with van der Waals surface area (Å²) in [7, 11) is 0. The second kappa shape index (κ2) is 4.16. The zero-order valence-electron chi connectivity index (χ0n) is 10.2. The van der Waals surface area contributed by atoms with E-state index >= 15 is 0 Å². The third-order valence-electron chi connectivity index (χ3n) is 4.51. The molecule has 0 aromatic heterocycles. The minimum absolute atomic E-state index is 0.243. The first kappa shape index (κ1) is 11.3. The summed E-state index contributed by atoms with van der Waals surface area (Å²) in [5, 5.41) is 0. The van der Waals surface area contributed by atoms with Crippen LogP contribution in [0.5, 0.6) is 0 Å². The Morgan fingerprint density at radius 1 is 1.24 bits per heavy atom. The predicted octanol–water partition coefficient (Wildman–Crippen LogP) is 3.93. The summed E-state index contributed by atoms with van der Waals surface area (Å²) in [6.07, 6.45) is 4.91. The average Bonchev–Trinajstić information content (AvgIpc) is 2.54. The number of carbonyl (C=O) groups is 1. The maximum atomic E-state index is 11.8. The Morgan fingerprint density at radius 2 is 2.00 bits per heavy atom. The summed E-state index contributed by atoms with van der Waals surface area (Å²) < 4.78 is 0.243. The van der Waals surface area contributed by atoms with Gasteiger partial charge < -0.3 is 0 Å². The summed E-state index contributed by atoms with van der Waals surface area (Å²) >= 11 is 1.96. The number of carbonyl (C=O) groups excluding carboxylic acids is 1. The number of fused-ring (bicyclic) bond motifs is 1.